The molecule has 0 fully saturated rings. The SMILES string of the molecule is Cc1cccc(OCC(=O)N/N=C/c2ccccc2Cl)c1C. The van der Waals surface area contributed by atoms with Gasteiger partial charge in [0.2, 0.25) is 0 Å². The van der Waals surface area contributed by atoms with E-state index in [4.69, 9.17) is 16.3 Å². The van der Waals surface area contributed by atoms with Crippen molar-refractivity contribution >= 4 is 23.7 Å². The van der Waals surface area contributed by atoms with Crippen LogP contribution in [0, 0.1) is 13.8 Å². The fourth-order valence-corrected chi connectivity index (χ4v) is 1.99. The molecule has 22 heavy (non-hydrogen) atoms. The number of benzene rings is 2. The molecule has 0 radical (unpaired) electrons. The fourth-order valence-electron chi connectivity index (χ4n) is 1.81. The van der Waals surface area contributed by atoms with Crippen molar-refractivity contribution in [3.05, 3.63) is 64.2 Å². The summed E-state index contributed by atoms with van der Waals surface area (Å²) >= 11 is 5.98. The number of hydrogen-bond donors (Lipinski definition) is 1. The predicted molar refractivity (Wildman–Crippen MR) is 88.6 cm³/mol. The molecule has 0 unspecified atom stereocenters. The number of carbonyl (C=O) groups is 1. The van der Waals surface area contributed by atoms with Crippen LogP contribution in [0.15, 0.2) is 47.6 Å². The molecule has 2 aromatic rings. The number of hydrogen-bond acceptors (Lipinski definition) is 3. The van der Waals surface area contributed by atoms with Gasteiger partial charge >= 0.3 is 0 Å². The Morgan fingerprint density at radius 1 is 1.23 bits per heavy atom. The molecule has 0 atom stereocenters. The normalized spacial score (nSPS) is 10.7. The maximum absolute atomic E-state index is 11.7. The molecular formula is C17H17ClN2O2. The fraction of sp³-hybridized carbons (Fsp3) is 0.176. The summed E-state index contributed by atoms with van der Waals surface area (Å²) in [6.45, 7) is 3.86. The van der Waals surface area contributed by atoms with E-state index in [-0.39, 0.29) is 12.5 Å². The molecule has 0 aromatic heterocycles. The van der Waals surface area contributed by atoms with Gasteiger partial charge in [-0.15, -0.1) is 0 Å². The van der Waals surface area contributed by atoms with E-state index in [2.05, 4.69) is 10.5 Å². The molecule has 1 N–H and O–H groups in total. The Balaban J connectivity index is 1.86. The maximum Gasteiger partial charge on any atom is 0.277 e. The van der Waals surface area contributed by atoms with Crippen molar-refractivity contribution in [2.75, 3.05) is 6.61 Å². The van der Waals surface area contributed by atoms with Crippen molar-refractivity contribution in [3.8, 4) is 5.75 Å². The molecule has 0 aliphatic rings. The quantitative estimate of drug-likeness (QED) is 0.678. The first-order valence-corrected chi connectivity index (χ1v) is 7.21. The van der Waals surface area contributed by atoms with Crippen molar-refractivity contribution in [1.29, 1.82) is 0 Å². The Bertz CT molecular complexity index is 699. The Hall–Kier alpha value is -2.33. The van der Waals surface area contributed by atoms with Gasteiger partial charge in [0.25, 0.3) is 5.91 Å². The van der Waals surface area contributed by atoms with E-state index >= 15 is 0 Å². The lowest BCUT2D eigenvalue weighted by Crippen LogP contribution is -2.24. The summed E-state index contributed by atoms with van der Waals surface area (Å²) in [5.41, 5.74) is 5.29. The first kappa shape index (κ1) is 16.0. The van der Waals surface area contributed by atoms with Gasteiger partial charge in [-0.2, -0.15) is 5.10 Å². The van der Waals surface area contributed by atoms with E-state index in [9.17, 15) is 4.79 Å². The van der Waals surface area contributed by atoms with E-state index < -0.39 is 0 Å². The zero-order valence-electron chi connectivity index (χ0n) is 12.5. The number of nitrogens with zero attached hydrogens (tertiary/aromatic N) is 1. The summed E-state index contributed by atoms with van der Waals surface area (Å²) in [5.74, 6) is 0.370. The minimum atomic E-state index is -0.329. The molecule has 0 saturated carbocycles. The van der Waals surface area contributed by atoms with Crippen LogP contribution in [0.2, 0.25) is 5.02 Å². The van der Waals surface area contributed by atoms with Crippen LogP contribution in [-0.4, -0.2) is 18.7 Å². The molecule has 0 bridgehead atoms. The number of aryl methyl sites for hydroxylation is 1. The van der Waals surface area contributed by atoms with Gasteiger partial charge in [0.15, 0.2) is 6.61 Å². The second-order valence-electron chi connectivity index (χ2n) is 4.80. The summed E-state index contributed by atoms with van der Waals surface area (Å²) in [6, 6.07) is 13.0. The highest BCUT2D eigenvalue weighted by molar-refractivity contribution is 6.33. The molecule has 0 aliphatic heterocycles. The minimum absolute atomic E-state index is 0.0931. The van der Waals surface area contributed by atoms with Gasteiger partial charge in [-0.05, 0) is 37.1 Å². The molecule has 0 aliphatic carbocycles. The molecule has 114 valence electrons. The van der Waals surface area contributed by atoms with Crippen molar-refractivity contribution in [2.24, 2.45) is 5.10 Å². The Morgan fingerprint density at radius 2 is 2.00 bits per heavy atom. The van der Waals surface area contributed by atoms with Gasteiger partial charge in [0.1, 0.15) is 5.75 Å². The highest BCUT2D eigenvalue weighted by Gasteiger charge is 2.05. The van der Waals surface area contributed by atoms with E-state index in [1.54, 1.807) is 6.07 Å². The van der Waals surface area contributed by atoms with Crippen molar-refractivity contribution in [2.45, 2.75) is 13.8 Å². The molecule has 5 heteroatoms. The molecule has 1 amide bonds. The van der Waals surface area contributed by atoms with Crippen LogP contribution in [0.3, 0.4) is 0 Å². The summed E-state index contributed by atoms with van der Waals surface area (Å²) in [7, 11) is 0. The van der Waals surface area contributed by atoms with Crippen molar-refractivity contribution in [1.82, 2.24) is 5.43 Å². The first-order valence-electron chi connectivity index (χ1n) is 6.83. The standard InChI is InChI=1S/C17H17ClN2O2/c1-12-6-5-9-16(13(12)2)22-11-17(21)20-19-10-14-7-3-4-8-15(14)18/h3-10H,11H2,1-2H3,(H,20,21)/b19-10+. The Morgan fingerprint density at radius 3 is 2.77 bits per heavy atom. The lowest BCUT2D eigenvalue weighted by atomic mass is 10.1. The smallest absolute Gasteiger partial charge is 0.277 e. The topological polar surface area (TPSA) is 50.7 Å². The Labute approximate surface area is 134 Å². The van der Waals surface area contributed by atoms with E-state index in [1.807, 2.05) is 50.2 Å². The van der Waals surface area contributed by atoms with Crippen LogP contribution < -0.4 is 10.2 Å². The zero-order chi connectivity index (χ0) is 15.9. The van der Waals surface area contributed by atoms with Gasteiger partial charge in [-0.3, -0.25) is 4.79 Å². The van der Waals surface area contributed by atoms with Crippen LogP contribution in [-0.2, 0) is 4.79 Å². The molecule has 2 rings (SSSR count). The minimum Gasteiger partial charge on any atom is -0.483 e. The number of ether oxygens (including phenoxy) is 1. The lowest BCUT2D eigenvalue weighted by Gasteiger charge is -2.09. The molecule has 2 aromatic carbocycles. The van der Waals surface area contributed by atoms with E-state index in [0.717, 1.165) is 16.7 Å². The monoisotopic (exact) mass is 316 g/mol. The average molecular weight is 317 g/mol. The van der Waals surface area contributed by atoms with Gasteiger partial charge in [0.05, 0.1) is 6.21 Å². The summed E-state index contributed by atoms with van der Waals surface area (Å²) in [5, 5.41) is 4.44. The molecule has 0 saturated heterocycles. The number of hydrazone groups is 1. The van der Waals surface area contributed by atoms with Crippen LogP contribution in [0.4, 0.5) is 0 Å². The van der Waals surface area contributed by atoms with E-state index in [1.165, 1.54) is 6.21 Å². The number of amides is 1. The van der Waals surface area contributed by atoms with E-state index in [0.29, 0.717) is 10.8 Å². The molecule has 0 heterocycles. The maximum atomic E-state index is 11.7. The van der Waals surface area contributed by atoms with Crippen LogP contribution >= 0.6 is 11.6 Å². The largest absolute Gasteiger partial charge is 0.483 e. The molecule has 0 spiro atoms. The van der Waals surface area contributed by atoms with Gasteiger partial charge in [-0.25, -0.2) is 5.43 Å². The molecular weight excluding hydrogens is 300 g/mol. The number of nitrogens with one attached hydrogen (secondary N) is 1. The summed E-state index contributed by atoms with van der Waals surface area (Å²) in [6.07, 6.45) is 1.50. The van der Waals surface area contributed by atoms with Gasteiger partial charge in [-0.1, -0.05) is 41.9 Å². The summed E-state index contributed by atoms with van der Waals surface area (Å²) < 4.78 is 5.49. The zero-order valence-corrected chi connectivity index (χ0v) is 13.2. The van der Waals surface area contributed by atoms with Crippen molar-refractivity contribution in [3.63, 3.8) is 0 Å². The number of carbonyl (C=O) groups excluding carboxylic acids is 1. The van der Waals surface area contributed by atoms with Gasteiger partial charge in [0, 0.05) is 10.6 Å². The molecule has 4 nitrogen and oxygen atoms in total. The predicted octanol–water partition coefficient (Wildman–Crippen LogP) is 3.49. The lowest BCUT2D eigenvalue weighted by molar-refractivity contribution is -0.123. The third kappa shape index (κ3) is 4.33. The van der Waals surface area contributed by atoms with Crippen LogP contribution in [0.25, 0.3) is 0 Å². The second-order valence-corrected chi connectivity index (χ2v) is 5.21. The first-order chi connectivity index (χ1) is 10.6. The highest BCUT2D eigenvalue weighted by atomic mass is 35.5. The Kier molecular flexibility index (Phi) is 5.55. The second kappa shape index (κ2) is 7.61. The summed E-state index contributed by atoms with van der Waals surface area (Å²) in [4.78, 5) is 11.7. The van der Waals surface area contributed by atoms with Crippen molar-refractivity contribution < 1.29 is 9.53 Å². The average Bonchev–Trinajstić information content (AvgIpc) is 2.51. The van der Waals surface area contributed by atoms with Crippen LogP contribution in [0.5, 0.6) is 5.75 Å². The highest BCUT2D eigenvalue weighted by Crippen LogP contribution is 2.20. The number of halogens is 1. The van der Waals surface area contributed by atoms with Crippen LogP contribution in [0.1, 0.15) is 16.7 Å². The third-order valence-electron chi connectivity index (χ3n) is 3.21. The van der Waals surface area contributed by atoms with Gasteiger partial charge < -0.3 is 4.74 Å². The number of rotatable bonds is 5. The third-order valence-corrected chi connectivity index (χ3v) is 3.56.